The van der Waals surface area contributed by atoms with Gasteiger partial charge in [-0.05, 0) is 0 Å². The molecule has 0 amide bonds. The minimum atomic E-state index is -4.90. The van der Waals surface area contributed by atoms with Crippen molar-refractivity contribution < 1.29 is 31.4 Å². The highest BCUT2D eigenvalue weighted by molar-refractivity contribution is 5.36. The van der Waals surface area contributed by atoms with Gasteiger partial charge in [0.15, 0.2) is 23.6 Å². The highest BCUT2D eigenvalue weighted by Crippen LogP contribution is 2.21. The standard InChI is InChI=1S/C8H6F6N2O/c9-3-1-4(10)7(16-6(3)11)15-2-5(17)8(12,13)14/h1,5,17H,2H2,(H,15,16). The van der Waals surface area contributed by atoms with Crippen molar-refractivity contribution in [3.05, 3.63) is 23.6 Å². The molecule has 1 unspecified atom stereocenters. The number of nitrogens with zero attached hydrogens (tertiary/aromatic N) is 1. The lowest BCUT2D eigenvalue weighted by Gasteiger charge is -2.15. The highest BCUT2D eigenvalue weighted by atomic mass is 19.4. The van der Waals surface area contributed by atoms with Crippen molar-refractivity contribution in [2.75, 3.05) is 11.9 Å². The number of hydrogen-bond acceptors (Lipinski definition) is 3. The fourth-order valence-corrected chi connectivity index (χ4v) is 0.877. The number of anilines is 1. The molecule has 9 heteroatoms. The molecule has 0 saturated heterocycles. The van der Waals surface area contributed by atoms with Gasteiger partial charge in [-0.2, -0.15) is 22.5 Å². The van der Waals surface area contributed by atoms with Crippen molar-refractivity contribution in [3.63, 3.8) is 0 Å². The first kappa shape index (κ1) is 13.6. The summed E-state index contributed by atoms with van der Waals surface area (Å²) < 4.78 is 73.4. The molecule has 2 N–H and O–H groups in total. The van der Waals surface area contributed by atoms with Gasteiger partial charge in [0, 0.05) is 6.07 Å². The monoisotopic (exact) mass is 260 g/mol. The molecule has 0 bridgehead atoms. The SMILES string of the molecule is OC(CNc1nc(F)c(F)cc1F)C(F)(F)F. The molecular weight excluding hydrogens is 254 g/mol. The molecule has 1 aromatic rings. The predicted molar refractivity (Wildman–Crippen MR) is 44.7 cm³/mol. The van der Waals surface area contributed by atoms with Crippen LogP contribution in [-0.4, -0.2) is 28.9 Å². The number of alkyl halides is 3. The molecule has 0 radical (unpaired) electrons. The summed E-state index contributed by atoms with van der Waals surface area (Å²) in [5.74, 6) is -5.50. The van der Waals surface area contributed by atoms with Gasteiger partial charge in [0.05, 0.1) is 6.54 Å². The van der Waals surface area contributed by atoms with Crippen molar-refractivity contribution in [2.45, 2.75) is 12.3 Å². The molecule has 0 saturated carbocycles. The number of rotatable bonds is 3. The first-order chi connectivity index (χ1) is 7.71. The first-order valence-electron chi connectivity index (χ1n) is 4.22. The van der Waals surface area contributed by atoms with Crippen LogP contribution in [0, 0.1) is 17.6 Å². The smallest absolute Gasteiger partial charge is 0.382 e. The van der Waals surface area contributed by atoms with Crippen LogP contribution in [0.15, 0.2) is 6.07 Å². The highest BCUT2D eigenvalue weighted by Gasteiger charge is 2.38. The Morgan fingerprint density at radius 1 is 1.24 bits per heavy atom. The lowest BCUT2D eigenvalue weighted by Crippen LogP contribution is -2.35. The van der Waals surface area contributed by atoms with Gasteiger partial charge >= 0.3 is 6.18 Å². The van der Waals surface area contributed by atoms with Crippen molar-refractivity contribution >= 4 is 5.82 Å². The fraction of sp³-hybridized carbons (Fsp3) is 0.375. The zero-order valence-electron chi connectivity index (χ0n) is 8.02. The normalized spacial score (nSPS) is 13.6. The molecular formula is C8H6F6N2O. The van der Waals surface area contributed by atoms with Crippen LogP contribution in [0.4, 0.5) is 32.2 Å². The molecule has 1 aromatic heterocycles. The van der Waals surface area contributed by atoms with E-state index < -0.39 is 42.2 Å². The summed E-state index contributed by atoms with van der Waals surface area (Å²) in [5.41, 5.74) is 0. The van der Waals surface area contributed by atoms with Crippen LogP contribution in [0.1, 0.15) is 0 Å². The topological polar surface area (TPSA) is 45.1 Å². The van der Waals surface area contributed by atoms with Crippen LogP contribution in [0.5, 0.6) is 0 Å². The van der Waals surface area contributed by atoms with E-state index in [1.54, 1.807) is 5.32 Å². The van der Waals surface area contributed by atoms with Crippen LogP contribution >= 0.6 is 0 Å². The second-order valence-electron chi connectivity index (χ2n) is 3.03. The zero-order chi connectivity index (χ0) is 13.2. The molecule has 1 rings (SSSR count). The molecule has 1 heterocycles. The van der Waals surface area contributed by atoms with Gasteiger partial charge in [-0.1, -0.05) is 0 Å². The van der Waals surface area contributed by atoms with Gasteiger partial charge in [-0.3, -0.25) is 0 Å². The van der Waals surface area contributed by atoms with E-state index in [-0.39, 0.29) is 6.07 Å². The molecule has 0 fully saturated rings. The second-order valence-corrected chi connectivity index (χ2v) is 3.03. The van der Waals surface area contributed by atoms with Crippen molar-refractivity contribution in [1.82, 2.24) is 4.98 Å². The van der Waals surface area contributed by atoms with E-state index in [1.807, 2.05) is 0 Å². The molecule has 0 spiro atoms. The number of nitrogens with one attached hydrogen (secondary N) is 1. The van der Waals surface area contributed by atoms with E-state index >= 15 is 0 Å². The molecule has 1 atom stereocenters. The Kier molecular flexibility index (Phi) is 3.81. The summed E-state index contributed by atoms with van der Waals surface area (Å²) in [7, 11) is 0. The van der Waals surface area contributed by atoms with Gasteiger partial charge in [0.25, 0.3) is 5.95 Å². The van der Waals surface area contributed by atoms with Crippen LogP contribution < -0.4 is 5.32 Å². The summed E-state index contributed by atoms with van der Waals surface area (Å²) in [6.45, 7) is -1.13. The molecule has 0 aliphatic rings. The third kappa shape index (κ3) is 3.48. The Hall–Kier alpha value is -1.51. The Balaban J connectivity index is 2.73. The quantitative estimate of drug-likeness (QED) is 0.643. The Labute approximate surface area is 91.1 Å². The van der Waals surface area contributed by atoms with E-state index in [1.165, 1.54) is 0 Å². The van der Waals surface area contributed by atoms with Crippen LogP contribution in [-0.2, 0) is 0 Å². The summed E-state index contributed by atoms with van der Waals surface area (Å²) in [6, 6.07) is 0.130. The second kappa shape index (κ2) is 4.78. The lowest BCUT2D eigenvalue weighted by atomic mass is 10.3. The first-order valence-corrected chi connectivity index (χ1v) is 4.22. The van der Waals surface area contributed by atoms with E-state index in [0.717, 1.165) is 0 Å². The number of aromatic nitrogens is 1. The van der Waals surface area contributed by atoms with E-state index in [9.17, 15) is 26.3 Å². The van der Waals surface area contributed by atoms with Crippen molar-refractivity contribution in [2.24, 2.45) is 0 Å². The summed E-state index contributed by atoms with van der Waals surface area (Å²) in [6.07, 6.45) is -7.67. The minimum Gasteiger partial charge on any atom is -0.382 e. The van der Waals surface area contributed by atoms with Crippen molar-refractivity contribution in [3.8, 4) is 0 Å². The summed E-state index contributed by atoms with van der Waals surface area (Å²) in [5, 5.41) is 10.3. The molecule has 17 heavy (non-hydrogen) atoms. The number of pyridine rings is 1. The van der Waals surface area contributed by atoms with Crippen molar-refractivity contribution in [1.29, 1.82) is 0 Å². The summed E-state index contributed by atoms with van der Waals surface area (Å²) in [4.78, 5) is 2.72. The van der Waals surface area contributed by atoms with E-state index in [4.69, 9.17) is 5.11 Å². The maximum absolute atomic E-state index is 12.9. The van der Waals surface area contributed by atoms with Gasteiger partial charge in [-0.15, -0.1) is 0 Å². The molecule has 0 aliphatic carbocycles. The largest absolute Gasteiger partial charge is 0.416 e. The number of halogens is 6. The maximum Gasteiger partial charge on any atom is 0.416 e. The lowest BCUT2D eigenvalue weighted by molar-refractivity contribution is -0.198. The minimum absolute atomic E-state index is 0.130. The number of aliphatic hydroxyl groups excluding tert-OH is 1. The number of aliphatic hydroxyl groups is 1. The maximum atomic E-state index is 12.9. The molecule has 96 valence electrons. The van der Waals surface area contributed by atoms with Gasteiger partial charge < -0.3 is 10.4 Å². The van der Waals surface area contributed by atoms with Crippen LogP contribution in [0.25, 0.3) is 0 Å². The Morgan fingerprint density at radius 2 is 1.82 bits per heavy atom. The van der Waals surface area contributed by atoms with Crippen LogP contribution in [0.2, 0.25) is 0 Å². The molecule has 0 aromatic carbocycles. The Morgan fingerprint density at radius 3 is 2.35 bits per heavy atom. The van der Waals surface area contributed by atoms with Gasteiger partial charge in [-0.25, -0.2) is 8.78 Å². The third-order valence-corrected chi connectivity index (χ3v) is 1.73. The van der Waals surface area contributed by atoms with E-state index in [2.05, 4.69) is 4.98 Å². The molecule has 0 aliphatic heterocycles. The average Bonchev–Trinajstić information content (AvgIpc) is 2.19. The average molecular weight is 260 g/mol. The fourth-order valence-electron chi connectivity index (χ4n) is 0.877. The number of hydrogen-bond donors (Lipinski definition) is 2. The van der Waals surface area contributed by atoms with Gasteiger partial charge in [0.2, 0.25) is 0 Å². The van der Waals surface area contributed by atoms with Crippen LogP contribution in [0.3, 0.4) is 0 Å². The Bertz CT molecular complexity index is 408. The predicted octanol–water partition coefficient (Wildman–Crippen LogP) is 1.83. The zero-order valence-corrected chi connectivity index (χ0v) is 8.02. The van der Waals surface area contributed by atoms with Gasteiger partial charge in [0.1, 0.15) is 0 Å². The van der Waals surface area contributed by atoms with E-state index in [0.29, 0.717) is 0 Å². The third-order valence-electron chi connectivity index (χ3n) is 1.73. The summed E-state index contributed by atoms with van der Waals surface area (Å²) >= 11 is 0. The molecule has 3 nitrogen and oxygen atoms in total.